The molecule has 0 saturated heterocycles. The van der Waals surface area contributed by atoms with Gasteiger partial charge in [0.25, 0.3) is 0 Å². The van der Waals surface area contributed by atoms with E-state index in [4.69, 9.17) is 9.47 Å². The summed E-state index contributed by atoms with van der Waals surface area (Å²) in [5, 5.41) is 5.72. The minimum Gasteiger partial charge on any atom is -0.380 e. The number of hydrogen-bond donors (Lipinski definition) is 2. The summed E-state index contributed by atoms with van der Waals surface area (Å²) in [7, 11) is 3.30. The average Bonchev–Trinajstić information content (AvgIpc) is 2.62. The van der Waals surface area contributed by atoms with E-state index in [1.165, 1.54) is 0 Å². The highest BCUT2D eigenvalue weighted by atomic mass is 16.5. The van der Waals surface area contributed by atoms with Gasteiger partial charge in [0, 0.05) is 27.3 Å². The van der Waals surface area contributed by atoms with E-state index in [-0.39, 0.29) is 12.1 Å². The Hall–Kier alpha value is -2.37. The number of benzene rings is 2. The first-order valence-corrected chi connectivity index (χ1v) is 7.89. The van der Waals surface area contributed by atoms with Gasteiger partial charge in [-0.05, 0) is 16.7 Å². The average molecular weight is 328 g/mol. The van der Waals surface area contributed by atoms with E-state index < -0.39 is 0 Å². The number of nitrogens with one attached hydrogen (secondary N) is 2. The first-order chi connectivity index (χ1) is 11.7. The third-order valence-electron chi connectivity index (χ3n) is 3.76. The van der Waals surface area contributed by atoms with Gasteiger partial charge in [-0.2, -0.15) is 0 Å². The first-order valence-electron chi connectivity index (χ1n) is 7.89. The maximum atomic E-state index is 12.0. The predicted molar refractivity (Wildman–Crippen MR) is 93.6 cm³/mol. The molecule has 0 aliphatic carbocycles. The lowest BCUT2D eigenvalue weighted by Gasteiger charge is -2.17. The number of rotatable bonds is 8. The normalized spacial score (nSPS) is 11.8. The van der Waals surface area contributed by atoms with Gasteiger partial charge in [0.15, 0.2) is 0 Å². The van der Waals surface area contributed by atoms with Crippen LogP contribution in [0.2, 0.25) is 0 Å². The summed E-state index contributed by atoms with van der Waals surface area (Å²) in [6.07, 6.45) is -0.169. The molecule has 5 nitrogen and oxygen atoms in total. The summed E-state index contributed by atoms with van der Waals surface area (Å²) >= 11 is 0. The highest BCUT2D eigenvalue weighted by Gasteiger charge is 2.11. The molecule has 0 heterocycles. The second-order valence-corrected chi connectivity index (χ2v) is 5.40. The second kappa shape index (κ2) is 9.70. The number of urea groups is 1. The van der Waals surface area contributed by atoms with Gasteiger partial charge in [-0.15, -0.1) is 0 Å². The van der Waals surface area contributed by atoms with Crippen LogP contribution in [0.5, 0.6) is 0 Å². The Balaban J connectivity index is 1.83. The molecule has 0 saturated carbocycles. The molecule has 2 N–H and O–H groups in total. The van der Waals surface area contributed by atoms with Crippen molar-refractivity contribution < 1.29 is 14.3 Å². The van der Waals surface area contributed by atoms with Gasteiger partial charge in [0.1, 0.15) is 0 Å². The molecule has 128 valence electrons. The van der Waals surface area contributed by atoms with Crippen molar-refractivity contribution in [2.24, 2.45) is 0 Å². The molecule has 1 unspecified atom stereocenters. The summed E-state index contributed by atoms with van der Waals surface area (Å²) in [5.41, 5.74) is 3.14. The fraction of sp³-hybridized carbons (Fsp3) is 0.316. The summed E-state index contributed by atoms with van der Waals surface area (Å²) in [6.45, 7) is 1.39. The van der Waals surface area contributed by atoms with E-state index >= 15 is 0 Å². The van der Waals surface area contributed by atoms with Crippen LogP contribution in [0, 0.1) is 0 Å². The molecule has 2 aromatic rings. The van der Waals surface area contributed by atoms with Gasteiger partial charge in [0.2, 0.25) is 0 Å². The Morgan fingerprint density at radius 1 is 0.958 bits per heavy atom. The number of carbonyl (C=O) groups is 1. The lowest BCUT2D eigenvalue weighted by atomic mass is 10.1. The molecule has 0 fully saturated rings. The van der Waals surface area contributed by atoms with Gasteiger partial charge in [-0.1, -0.05) is 54.6 Å². The molecular formula is C19H24N2O3. The molecule has 5 heteroatoms. The quantitative estimate of drug-likeness (QED) is 0.783. The van der Waals surface area contributed by atoms with Gasteiger partial charge in [0.05, 0.1) is 12.7 Å². The summed E-state index contributed by atoms with van der Waals surface area (Å²) in [4.78, 5) is 12.0. The van der Waals surface area contributed by atoms with Crippen molar-refractivity contribution in [3.63, 3.8) is 0 Å². The minimum absolute atomic E-state index is 0.169. The number of methoxy groups -OCH3 is 2. The Morgan fingerprint density at radius 3 is 2.29 bits per heavy atom. The van der Waals surface area contributed by atoms with Crippen molar-refractivity contribution in [2.75, 3.05) is 20.8 Å². The molecule has 2 rings (SSSR count). The van der Waals surface area contributed by atoms with Gasteiger partial charge < -0.3 is 20.1 Å². The van der Waals surface area contributed by atoms with Crippen molar-refractivity contribution in [3.8, 4) is 0 Å². The van der Waals surface area contributed by atoms with Crippen molar-refractivity contribution >= 4 is 6.03 Å². The topological polar surface area (TPSA) is 59.6 Å². The van der Waals surface area contributed by atoms with Crippen LogP contribution < -0.4 is 10.6 Å². The van der Waals surface area contributed by atoms with E-state index in [0.717, 1.165) is 16.7 Å². The van der Waals surface area contributed by atoms with Crippen LogP contribution in [0.1, 0.15) is 22.8 Å². The molecule has 1 atom stereocenters. The van der Waals surface area contributed by atoms with Crippen LogP contribution in [0.4, 0.5) is 4.79 Å². The smallest absolute Gasteiger partial charge is 0.315 e. The van der Waals surface area contributed by atoms with Crippen LogP contribution in [-0.4, -0.2) is 26.8 Å². The van der Waals surface area contributed by atoms with Crippen molar-refractivity contribution in [2.45, 2.75) is 19.3 Å². The zero-order chi connectivity index (χ0) is 17.2. The monoisotopic (exact) mass is 328 g/mol. The van der Waals surface area contributed by atoms with E-state index in [9.17, 15) is 4.79 Å². The van der Waals surface area contributed by atoms with Crippen LogP contribution in [0.25, 0.3) is 0 Å². The lowest BCUT2D eigenvalue weighted by Crippen LogP contribution is -2.37. The Morgan fingerprint density at radius 2 is 1.62 bits per heavy atom. The van der Waals surface area contributed by atoms with Crippen molar-refractivity contribution in [1.29, 1.82) is 0 Å². The predicted octanol–water partition coefficient (Wildman–Crippen LogP) is 3.02. The summed E-state index contributed by atoms with van der Waals surface area (Å²) in [6, 6.07) is 17.5. The van der Waals surface area contributed by atoms with Gasteiger partial charge in [-0.3, -0.25) is 0 Å². The van der Waals surface area contributed by atoms with Crippen LogP contribution >= 0.6 is 0 Å². The van der Waals surface area contributed by atoms with Gasteiger partial charge >= 0.3 is 6.03 Å². The second-order valence-electron chi connectivity index (χ2n) is 5.40. The molecule has 0 bridgehead atoms. The summed E-state index contributed by atoms with van der Waals surface area (Å²) in [5.74, 6) is 0. The molecule has 0 aliphatic heterocycles. The van der Waals surface area contributed by atoms with Crippen molar-refractivity contribution in [1.82, 2.24) is 10.6 Å². The van der Waals surface area contributed by atoms with Gasteiger partial charge in [-0.25, -0.2) is 4.79 Å². The third-order valence-corrected chi connectivity index (χ3v) is 3.76. The van der Waals surface area contributed by atoms with E-state index in [2.05, 4.69) is 10.6 Å². The van der Waals surface area contributed by atoms with Crippen molar-refractivity contribution in [3.05, 3.63) is 71.3 Å². The zero-order valence-electron chi connectivity index (χ0n) is 14.1. The number of ether oxygens (including phenoxy) is 2. The maximum Gasteiger partial charge on any atom is 0.315 e. The zero-order valence-corrected chi connectivity index (χ0v) is 14.1. The minimum atomic E-state index is -0.222. The highest BCUT2D eigenvalue weighted by molar-refractivity contribution is 5.73. The van der Waals surface area contributed by atoms with E-state index in [1.807, 2.05) is 54.6 Å². The molecular weight excluding hydrogens is 304 g/mol. The first kappa shape index (κ1) is 18.0. The molecule has 0 aromatic heterocycles. The fourth-order valence-corrected chi connectivity index (χ4v) is 2.45. The molecule has 24 heavy (non-hydrogen) atoms. The lowest BCUT2D eigenvalue weighted by molar-refractivity contribution is 0.104. The fourth-order valence-electron chi connectivity index (χ4n) is 2.45. The Bertz CT molecular complexity index is 632. The molecule has 0 spiro atoms. The Labute approximate surface area is 143 Å². The van der Waals surface area contributed by atoms with Crippen LogP contribution in [0.15, 0.2) is 54.6 Å². The molecule has 2 amide bonds. The van der Waals surface area contributed by atoms with E-state index in [1.54, 1.807) is 14.2 Å². The maximum absolute atomic E-state index is 12.0. The van der Waals surface area contributed by atoms with Crippen LogP contribution in [0.3, 0.4) is 0 Å². The number of hydrogen-bond acceptors (Lipinski definition) is 3. The third kappa shape index (κ3) is 5.37. The molecule has 2 aromatic carbocycles. The van der Waals surface area contributed by atoms with E-state index in [0.29, 0.717) is 19.7 Å². The SMILES string of the molecule is COCc1ccccc1CNC(=O)NCC(OC)c1ccccc1. The largest absolute Gasteiger partial charge is 0.380 e. The molecule has 0 radical (unpaired) electrons. The number of carbonyl (C=O) groups excluding carboxylic acids is 1. The highest BCUT2D eigenvalue weighted by Crippen LogP contribution is 2.14. The Kier molecular flexibility index (Phi) is 7.26. The van der Waals surface area contributed by atoms with Crippen LogP contribution in [-0.2, 0) is 22.6 Å². The summed E-state index contributed by atoms with van der Waals surface area (Å²) < 4.78 is 10.6. The standard InChI is InChI=1S/C19H24N2O3/c1-23-14-17-11-7-6-10-16(17)12-20-19(22)21-13-18(24-2)15-8-4-3-5-9-15/h3-11,18H,12-14H2,1-2H3,(H2,20,21,22). The molecule has 0 aliphatic rings. The number of amides is 2.